The molecule has 1 aliphatic heterocycles. The summed E-state index contributed by atoms with van der Waals surface area (Å²) in [6.07, 6.45) is 4.96. The predicted molar refractivity (Wildman–Crippen MR) is 104 cm³/mol. The summed E-state index contributed by atoms with van der Waals surface area (Å²) in [6.45, 7) is 1.49. The molecule has 0 saturated carbocycles. The van der Waals surface area contributed by atoms with Crippen LogP contribution in [0.1, 0.15) is 25.7 Å². The second-order valence-corrected chi connectivity index (χ2v) is 6.84. The number of nitrogens with zero attached hydrogens (tertiary/aromatic N) is 2. The molecule has 142 valence electrons. The summed E-state index contributed by atoms with van der Waals surface area (Å²) in [5, 5.41) is 0. The Balaban J connectivity index is 1.54. The molecule has 0 aliphatic carbocycles. The van der Waals surface area contributed by atoms with Crippen LogP contribution in [0, 0.1) is 5.92 Å². The molecule has 27 heavy (non-hydrogen) atoms. The summed E-state index contributed by atoms with van der Waals surface area (Å²) in [6, 6.07) is 14.4. The van der Waals surface area contributed by atoms with Gasteiger partial charge in [0.2, 0.25) is 0 Å². The fourth-order valence-corrected chi connectivity index (χ4v) is 3.47. The van der Waals surface area contributed by atoms with Crippen molar-refractivity contribution in [3.05, 3.63) is 48.7 Å². The number of esters is 1. The van der Waals surface area contributed by atoms with E-state index in [9.17, 15) is 9.59 Å². The van der Waals surface area contributed by atoms with Gasteiger partial charge in [-0.3, -0.25) is 9.59 Å². The predicted octanol–water partition coefficient (Wildman–Crippen LogP) is 2.77. The number of anilines is 1. The number of nitrogens with two attached hydrogens (primary N) is 1. The summed E-state index contributed by atoms with van der Waals surface area (Å²) in [5.74, 6) is 0.517. The van der Waals surface area contributed by atoms with Crippen LogP contribution < -0.4 is 10.6 Å². The maximum absolute atomic E-state index is 11.6. The lowest BCUT2D eigenvalue weighted by molar-refractivity contribution is -0.148. The van der Waals surface area contributed by atoms with Crippen molar-refractivity contribution in [3.63, 3.8) is 0 Å². The van der Waals surface area contributed by atoms with Crippen molar-refractivity contribution in [2.45, 2.75) is 25.7 Å². The van der Waals surface area contributed by atoms with E-state index >= 15 is 0 Å². The molecule has 6 nitrogen and oxygen atoms in total. The highest BCUT2D eigenvalue weighted by molar-refractivity contribution is 5.79. The number of carbonyl (C=O) groups is 2. The number of amides is 1. The van der Waals surface area contributed by atoms with Crippen molar-refractivity contribution in [1.29, 1.82) is 0 Å². The lowest BCUT2D eigenvalue weighted by Gasteiger charge is -2.33. The van der Waals surface area contributed by atoms with Gasteiger partial charge in [0.05, 0.1) is 0 Å². The number of aromatic nitrogens is 1. The van der Waals surface area contributed by atoms with Gasteiger partial charge in [-0.05, 0) is 42.9 Å². The highest BCUT2D eigenvalue weighted by Gasteiger charge is 2.23. The number of benzene rings is 1. The second-order valence-electron chi connectivity index (χ2n) is 6.84. The number of hydrogen-bond donors (Lipinski definition) is 1. The average molecular weight is 367 g/mol. The zero-order valence-corrected chi connectivity index (χ0v) is 15.3. The van der Waals surface area contributed by atoms with Gasteiger partial charge in [-0.25, -0.2) is 4.98 Å². The van der Waals surface area contributed by atoms with Gasteiger partial charge in [-0.15, -0.1) is 0 Å². The fraction of sp³-hybridized carbons (Fsp3) is 0.381. The van der Waals surface area contributed by atoms with E-state index in [4.69, 9.17) is 10.5 Å². The van der Waals surface area contributed by atoms with Crippen LogP contribution in [0.2, 0.25) is 0 Å². The largest absolute Gasteiger partial charge is 0.456 e. The fourth-order valence-electron chi connectivity index (χ4n) is 3.47. The monoisotopic (exact) mass is 367 g/mol. The third-order valence-corrected chi connectivity index (χ3v) is 4.92. The standard InChI is InChI=1S/C21H25N3O3/c22-19(25)15-27-20(26)9-8-16-10-13-24(14-11-16)21-18(7-4-12-23-21)17-5-2-1-3-6-17/h1-7,12,16H,8-11,13-15H2,(H2,22,25). The number of hydrogen-bond acceptors (Lipinski definition) is 5. The van der Waals surface area contributed by atoms with Gasteiger partial charge < -0.3 is 15.4 Å². The number of carbonyl (C=O) groups excluding carboxylic acids is 2. The quantitative estimate of drug-likeness (QED) is 0.761. The molecule has 1 saturated heterocycles. The normalized spacial score (nSPS) is 14.7. The Kier molecular flexibility index (Phi) is 6.41. The number of piperidine rings is 1. The van der Waals surface area contributed by atoms with Gasteiger partial charge in [0.1, 0.15) is 5.82 Å². The molecule has 1 aromatic heterocycles. The van der Waals surface area contributed by atoms with Crippen LogP contribution in [-0.4, -0.2) is 36.6 Å². The third kappa shape index (κ3) is 5.29. The van der Waals surface area contributed by atoms with Crippen molar-refractivity contribution >= 4 is 17.7 Å². The minimum absolute atomic E-state index is 0.330. The first-order valence-corrected chi connectivity index (χ1v) is 9.33. The van der Waals surface area contributed by atoms with Gasteiger partial charge in [0.15, 0.2) is 6.61 Å². The number of ether oxygens (including phenoxy) is 1. The molecule has 2 aromatic rings. The van der Waals surface area contributed by atoms with Gasteiger partial charge in [-0.1, -0.05) is 30.3 Å². The highest BCUT2D eigenvalue weighted by atomic mass is 16.5. The lowest BCUT2D eigenvalue weighted by atomic mass is 9.92. The van der Waals surface area contributed by atoms with E-state index in [-0.39, 0.29) is 12.6 Å². The number of pyridine rings is 1. The van der Waals surface area contributed by atoms with Gasteiger partial charge in [-0.2, -0.15) is 0 Å². The van der Waals surface area contributed by atoms with Crippen LogP contribution in [0.15, 0.2) is 48.7 Å². The maximum atomic E-state index is 11.6. The topological polar surface area (TPSA) is 85.5 Å². The molecule has 0 atom stereocenters. The molecular weight excluding hydrogens is 342 g/mol. The molecule has 0 unspecified atom stereocenters. The van der Waals surface area contributed by atoms with E-state index < -0.39 is 5.91 Å². The molecule has 1 aromatic carbocycles. The van der Waals surface area contributed by atoms with Crippen molar-refractivity contribution in [3.8, 4) is 11.1 Å². The summed E-state index contributed by atoms with van der Waals surface area (Å²) >= 11 is 0. The third-order valence-electron chi connectivity index (χ3n) is 4.92. The number of primary amides is 1. The van der Waals surface area contributed by atoms with E-state index in [0.29, 0.717) is 12.3 Å². The van der Waals surface area contributed by atoms with Crippen LogP contribution in [0.25, 0.3) is 11.1 Å². The minimum Gasteiger partial charge on any atom is -0.456 e. The van der Waals surface area contributed by atoms with E-state index in [1.54, 1.807) is 0 Å². The average Bonchev–Trinajstić information content (AvgIpc) is 2.72. The smallest absolute Gasteiger partial charge is 0.306 e. The zero-order valence-electron chi connectivity index (χ0n) is 15.3. The molecule has 1 aliphatic rings. The first-order valence-electron chi connectivity index (χ1n) is 9.33. The molecule has 0 bridgehead atoms. The van der Waals surface area contributed by atoms with Crippen molar-refractivity contribution in [1.82, 2.24) is 4.98 Å². The Morgan fingerprint density at radius 3 is 2.56 bits per heavy atom. The first kappa shape index (κ1) is 18.9. The minimum atomic E-state index is -0.624. The SMILES string of the molecule is NC(=O)COC(=O)CCC1CCN(c2ncccc2-c2ccccc2)CC1. The van der Waals surface area contributed by atoms with Crippen LogP contribution >= 0.6 is 0 Å². The molecule has 2 heterocycles. The van der Waals surface area contributed by atoms with Crippen molar-refractivity contribution < 1.29 is 14.3 Å². The van der Waals surface area contributed by atoms with Gasteiger partial charge in [0.25, 0.3) is 5.91 Å². The molecule has 6 heteroatoms. The van der Waals surface area contributed by atoms with E-state index in [0.717, 1.165) is 43.7 Å². The zero-order chi connectivity index (χ0) is 19.1. The Morgan fingerprint density at radius 1 is 1.11 bits per heavy atom. The van der Waals surface area contributed by atoms with Crippen LogP contribution in [0.4, 0.5) is 5.82 Å². The summed E-state index contributed by atoms with van der Waals surface area (Å²) in [7, 11) is 0. The van der Waals surface area contributed by atoms with Crippen LogP contribution in [0.5, 0.6) is 0 Å². The summed E-state index contributed by atoms with van der Waals surface area (Å²) < 4.78 is 4.82. The van der Waals surface area contributed by atoms with E-state index in [1.807, 2.05) is 30.5 Å². The Morgan fingerprint density at radius 2 is 1.85 bits per heavy atom. The van der Waals surface area contributed by atoms with Crippen molar-refractivity contribution in [2.24, 2.45) is 11.7 Å². The van der Waals surface area contributed by atoms with Gasteiger partial charge >= 0.3 is 5.97 Å². The Labute approximate surface area is 159 Å². The van der Waals surface area contributed by atoms with Gasteiger partial charge in [0, 0.05) is 31.3 Å². The highest BCUT2D eigenvalue weighted by Crippen LogP contribution is 2.32. The first-order chi connectivity index (χ1) is 13.1. The van der Waals surface area contributed by atoms with E-state index in [1.165, 1.54) is 5.56 Å². The molecular formula is C21H25N3O3. The number of rotatable bonds is 7. The molecule has 0 radical (unpaired) electrons. The molecule has 1 amide bonds. The molecule has 1 fully saturated rings. The summed E-state index contributed by atoms with van der Waals surface area (Å²) in [4.78, 5) is 29.2. The van der Waals surface area contributed by atoms with Crippen LogP contribution in [0.3, 0.4) is 0 Å². The molecule has 2 N–H and O–H groups in total. The molecule has 3 rings (SSSR count). The van der Waals surface area contributed by atoms with Crippen molar-refractivity contribution in [2.75, 3.05) is 24.6 Å². The maximum Gasteiger partial charge on any atom is 0.306 e. The summed E-state index contributed by atoms with van der Waals surface area (Å²) in [5.41, 5.74) is 7.29. The van der Waals surface area contributed by atoms with E-state index in [2.05, 4.69) is 28.1 Å². The Bertz CT molecular complexity index is 771. The Hall–Kier alpha value is -2.89. The van der Waals surface area contributed by atoms with Crippen LogP contribution in [-0.2, 0) is 14.3 Å². The molecule has 0 spiro atoms. The second kappa shape index (κ2) is 9.16. The lowest BCUT2D eigenvalue weighted by Crippen LogP contribution is -2.34.